The molecule has 3 aliphatic carbocycles. The molecular weight excluding hydrogens is 685 g/mol. The molecule has 0 bridgehead atoms. The zero-order chi connectivity index (χ0) is 37.8. The van der Waals surface area contributed by atoms with Crippen molar-refractivity contribution in [2.75, 3.05) is 0 Å². The predicted molar refractivity (Wildman–Crippen MR) is 245 cm³/mol. The molecule has 0 saturated heterocycles. The fourth-order valence-electron chi connectivity index (χ4n) is 10.6. The number of hydrogen-bond acceptors (Lipinski definition) is 0. The minimum atomic E-state index is -0.0134. The second-order valence-corrected chi connectivity index (χ2v) is 17.0. The van der Waals surface area contributed by atoms with E-state index < -0.39 is 0 Å². The fraction of sp³-hybridized carbons (Fsp3) is 0.123. The van der Waals surface area contributed by atoms with Crippen LogP contribution in [0.2, 0.25) is 0 Å². The lowest BCUT2D eigenvalue weighted by atomic mass is 9.79. The lowest BCUT2D eigenvalue weighted by molar-refractivity contribution is 0.660. The third kappa shape index (κ3) is 4.93. The minimum absolute atomic E-state index is 0.0134. The van der Waals surface area contributed by atoms with Gasteiger partial charge in [0.25, 0.3) is 0 Å². The molecule has 0 nitrogen and oxygen atoms in total. The molecule has 0 heteroatoms. The summed E-state index contributed by atoms with van der Waals surface area (Å²) in [5.74, 6) is 0. The van der Waals surface area contributed by atoms with Crippen LogP contribution in [0.3, 0.4) is 0 Å². The molecule has 12 rings (SSSR count). The van der Waals surface area contributed by atoms with Gasteiger partial charge in [0.2, 0.25) is 0 Å². The highest BCUT2D eigenvalue weighted by molar-refractivity contribution is 6.19. The van der Waals surface area contributed by atoms with E-state index in [0.717, 1.165) is 25.7 Å². The van der Waals surface area contributed by atoms with Crippen LogP contribution < -0.4 is 0 Å². The van der Waals surface area contributed by atoms with Crippen molar-refractivity contribution in [2.45, 2.75) is 44.9 Å². The maximum atomic E-state index is 2.50. The van der Waals surface area contributed by atoms with Gasteiger partial charge in [0.1, 0.15) is 0 Å². The van der Waals surface area contributed by atoms with Gasteiger partial charge in [-0.2, -0.15) is 0 Å². The van der Waals surface area contributed by atoms with Crippen molar-refractivity contribution in [3.05, 3.63) is 191 Å². The SMILES string of the molecule is CC1(C)c2ccccc2-c2ccc(-c3ccc4ccc(-c5ccc6cc(-c7cc8c9c(c%10c(c8c8ccccc78)C=CCC%10)CCC=C9)ccc6c5)cc4c3)cc21. The Balaban J connectivity index is 0.925. The Hall–Kier alpha value is -6.50. The van der Waals surface area contributed by atoms with E-state index in [0.29, 0.717) is 0 Å². The van der Waals surface area contributed by atoms with E-state index in [2.05, 4.69) is 184 Å². The molecule has 57 heavy (non-hydrogen) atoms. The number of rotatable bonds is 3. The third-order valence-electron chi connectivity index (χ3n) is 13.6. The molecule has 0 aromatic heterocycles. The van der Waals surface area contributed by atoms with Crippen molar-refractivity contribution < 1.29 is 0 Å². The van der Waals surface area contributed by atoms with Crippen LogP contribution in [0, 0.1) is 0 Å². The van der Waals surface area contributed by atoms with Crippen LogP contribution in [0.4, 0.5) is 0 Å². The highest BCUT2D eigenvalue weighted by atomic mass is 14.4. The van der Waals surface area contributed by atoms with Crippen LogP contribution >= 0.6 is 0 Å². The summed E-state index contributed by atoms with van der Waals surface area (Å²) in [7, 11) is 0. The molecule has 0 aliphatic heterocycles. The summed E-state index contributed by atoms with van der Waals surface area (Å²) in [5.41, 5.74) is 19.2. The molecule has 0 radical (unpaired) electrons. The van der Waals surface area contributed by atoms with Crippen LogP contribution in [0.15, 0.2) is 158 Å². The van der Waals surface area contributed by atoms with E-state index in [1.807, 2.05) is 0 Å². The monoisotopic (exact) mass is 726 g/mol. The number of fused-ring (bicyclic) bond motifs is 13. The van der Waals surface area contributed by atoms with E-state index in [1.54, 1.807) is 11.1 Å². The summed E-state index contributed by atoms with van der Waals surface area (Å²) < 4.78 is 0. The summed E-state index contributed by atoms with van der Waals surface area (Å²) in [6, 6.07) is 55.4. The van der Waals surface area contributed by atoms with Gasteiger partial charge >= 0.3 is 0 Å². The van der Waals surface area contributed by atoms with Crippen molar-refractivity contribution >= 4 is 55.2 Å². The van der Waals surface area contributed by atoms with Crippen LogP contribution in [-0.4, -0.2) is 0 Å². The van der Waals surface area contributed by atoms with Crippen LogP contribution in [0.5, 0.6) is 0 Å². The van der Waals surface area contributed by atoms with E-state index in [-0.39, 0.29) is 5.41 Å². The standard InChI is InChI=1S/C57H42/c1-57(2)54-18-10-9-15-48(54)49-28-27-41(33-55(49)57)40-22-20-35-19-21-39(31-43(35)32-40)36-23-24-38-30-42(26-25-37(38)29-36)52-34-53-46-13-4-3-11-44(46)45-12-5-7-16-50(45)56(53)51-17-8-6-14-47(51)52/h4,6-10,13-34H,3,5,11-12H2,1-2H3. The van der Waals surface area contributed by atoms with E-state index in [9.17, 15) is 0 Å². The van der Waals surface area contributed by atoms with Gasteiger partial charge in [-0.3, -0.25) is 0 Å². The highest BCUT2D eigenvalue weighted by Gasteiger charge is 2.35. The van der Waals surface area contributed by atoms with E-state index >= 15 is 0 Å². The van der Waals surface area contributed by atoms with Crippen molar-refractivity contribution in [1.82, 2.24) is 0 Å². The normalized spacial score (nSPS) is 14.9. The average molecular weight is 727 g/mol. The van der Waals surface area contributed by atoms with Crippen molar-refractivity contribution in [1.29, 1.82) is 0 Å². The minimum Gasteiger partial charge on any atom is -0.0836 e. The fourth-order valence-corrected chi connectivity index (χ4v) is 10.6. The van der Waals surface area contributed by atoms with Crippen molar-refractivity contribution in [2.24, 2.45) is 0 Å². The molecule has 9 aromatic carbocycles. The van der Waals surface area contributed by atoms with Crippen LogP contribution in [-0.2, 0) is 18.3 Å². The van der Waals surface area contributed by atoms with E-state index in [4.69, 9.17) is 0 Å². The highest BCUT2D eigenvalue weighted by Crippen LogP contribution is 2.50. The Kier molecular flexibility index (Phi) is 7.03. The zero-order valence-electron chi connectivity index (χ0n) is 32.5. The summed E-state index contributed by atoms with van der Waals surface area (Å²) in [6.07, 6.45) is 14.1. The second-order valence-electron chi connectivity index (χ2n) is 17.0. The summed E-state index contributed by atoms with van der Waals surface area (Å²) in [6.45, 7) is 4.72. The average Bonchev–Trinajstić information content (AvgIpc) is 3.50. The molecule has 0 amide bonds. The summed E-state index contributed by atoms with van der Waals surface area (Å²) in [4.78, 5) is 0. The lowest BCUT2D eigenvalue weighted by Crippen LogP contribution is -2.14. The zero-order valence-corrected chi connectivity index (χ0v) is 32.5. The van der Waals surface area contributed by atoms with Crippen molar-refractivity contribution in [3.63, 3.8) is 0 Å². The first-order valence-electron chi connectivity index (χ1n) is 20.7. The summed E-state index contributed by atoms with van der Waals surface area (Å²) >= 11 is 0. The van der Waals surface area contributed by atoms with Gasteiger partial charge < -0.3 is 0 Å². The Morgan fingerprint density at radius 2 is 0.930 bits per heavy atom. The Bertz CT molecular complexity index is 3260. The Morgan fingerprint density at radius 3 is 1.68 bits per heavy atom. The topological polar surface area (TPSA) is 0 Å². The molecular formula is C57H42. The van der Waals surface area contributed by atoms with Gasteiger partial charge in [-0.1, -0.05) is 147 Å². The van der Waals surface area contributed by atoms with Crippen LogP contribution in [0.1, 0.15) is 60.1 Å². The maximum Gasteiger partial charge on any atom is 0.0159 e. The van der Waals surface area contributed by atoms with Gasteiger partial charge in [0.05, 0.1) is 0 Å². The first-order valence-corrected chi connectivity index (χ1v) is 20.7. The van der Waals surface area contributed by atoms with Gasteiger partial charge in [-0.15, -0.1) is 0 Å². The predicted octanol–water partition coefficient (Wildman–Crippen LogP) is 15.5. The Morgan fingerprint density at radius 1 is 0.386 bits per heavy atom. The molecule has 9 aromatic rings. The molecule has 0 atom stereocenters. The molecule has 3 aliphatic rings. The first kappa shape index (κ1) is 32.7. The first-order chi connectivity index (χ1) is 28.0. The van der Waals surface area contributed by atoms with Gasteiger partial charge in [0.15, 0.2) is 0 Å². The second kappa shape index (κ2) is 12.2. The molecule has 0 N–H and O–H groups in total. The number of allylic oxidation sites excluding steroid dienone is 2. The smallest absolute Gasteiger partial charge is 0.0159 e. The van der Waals surface area contributed by atoms with E-state index in [1.165, 1.54) is 110 Å². The molecule has 0 saturated carbocycles. The third-order valence-corrected chi connectivity index (χ3v) is 13.6. The lowest BCUT2D eigenvalue weighted by Gasteiger charge is -2.25. The molecule has 0 heterocycles. The van der Waals surface area contributed by atoms with Crippen LogP contribution in [0.25, 0.3) is 99.7 Å². The van der Waals surface area contributed by atoms with Gasteiger partial charge in [0, 0.05) is 5.41 Å². The number of benzene rings is 9. The number of hydrogen-bond donors (Lipinski definition) is 0. The Labute approximate surface area is 334 Å². The summed E-state index contributed by atoms with van der Waals surface area (Å²) in [5, 5.41) is 10.5. The molecule has 270 valence electrons. The largest absolute Gasteiger partial charge is 0.0836 e. The van der Waals surface area contributed by atoms with Crippen molar-refractivity contribution in [3.8, 4) is 44.5 Å². The molecule has 0 fully saturated rings. The quantitative estimate of drug-likeness (QED) is 0.159. The molecule has 0 spiro atoms. The van der Waals surface area contributed by atoms with Gasteiger partial charge in [-0.25, -0.2) is 0 Å². The maximum absolute atomic E-state index is 2.50. The molecule has 0 unspecified atom stereocenters. The van der Waals surface area contributed by atoms with Gasteiger partial charge in [-0.05, 0) is 183 Å².